The van der Waals surface area contributed by atoms with Gasteiger partial charge in [-0.25, -0.2) is 0 Å². The van der Waals surface area contributed by atoms with Gasteiger partial charge in [-0.05, 0) is 0 Å². The maximum atomic E-state index is 10.9. The second-order valence-electron chi connectivity index (χ2n) is 2.45. The van der Waals surface area contributed by atoms with E-state index >= 15 is 0 Å². The Morgan fingerprint density at radius 2 is 2.30 bits per heavy atom. The molecule has 0 aliphatic carbocycles. The molecule has 0 heterocycles. The highest BCUT2D eigenvalue weighted by Gasteiger charge is 2.07. The van der Waals surface area contributed by atoms with E-state index in [1.54, 1.807) is 19.4 Å². The quantitative estimate of drug-likeness (QED) is 0.498. The van der Waals surface area contributed by atoms with E-state index in [0.717, 1.165) is 0 Å². The highest BCUT2D eigenvalue weighted by Crippen LogP contribution is 2.36. The van der Waals surface area contributed by atoms with Crippen LogP contribution in [0.1, 0.15) is 0 Å². The first-order valence-corrected chi connectivity index (χ1v) is 5.55. The van der Waals surface area contributed by atoms with Gasteiger partial charge in [-0.15, -0.1) is 6.58 Å². The second kappa shape index (κ2) is 3.91. The second-order valence-corrected chi connectivity index (χ2v) is 5.21. The summed E-state index contributed by atoms with van der Waals surface area (Å²) in [5, 5.41) is 0. The lowest BCUT2D eigenvalue weighted by molar-refractivity contribution is 0.310. The van der Waals surface area contributed by atoms with E-state index in [1.807, 2.05) is 0 Å². The van der Waals surface area contributed by atoms with Gasteiger partial charge < -0.3 is 10.3 Å². The van der Waals surface area contributed by atoms with Crippen LogP contribution >= 0.6 is 7.37 Å². The molecule has 2 N–H and O–H groups in total. The molecular formula is C6H14NO2P. The molecule has 0 aromatic carbocycles. The fourth-order valence-corrected chi connectivity index (χ4v) is 0.865. The van der Waals surface area contributed by atoms with E-state index in [1.165, 1.54) is 0 Å². The molecule has 3 nitrogen and oxygen atoms in total. The summed E-state index contributed by atoms with van der Waals surface area (Å²) >= 11 is 0. The average molecular weight is 163 g/mol. The largest absolute Gasteiger partial charge is 0.327 e. The van der Waals surface area contributed by atoms with Crippen LogP contribution in [-0.4, -0.2) is 26.0 Å². The topological polar surface area (TPSA) is 52.3 Å². The SMILES string of the molecule is C=C[C@@H](N)COP(C)(C)=O. The summed E-state index contributed by atoms with van der Waals surface area (Å²) in [5.74, 6) is 0. The summed E-state index contributed by atoms with van der Waals surface area (Å²) < 4.78 is 15.9. The van der Waals surface area contributed by atoms with Gasteiger partial charge in [0.2, 0.25) is 0 Å². The summed E-state index contributed by atoms with van der Waals surface area (Å²) in [6.45, 7) is 6.87. The molecule has 10 heavy (non-hydrogen) atoms. The molecule has 0 saturated carbocycles. The zero-order chi connectivity index (χ0) is 8.20. The Labute approximate surface area is 61.7 Å². The predicted molar refractivity (Wildman–Crippen MR) is 43.6 cm³/mol. The molecule has 0 aliphatic heterocycles. The highest BCUT2D eigenvalue weighted by molar-refractivity contribution is 7.57. The molecule has 0 aliphatic rings. The summed E-state index contributed by atoms with van der Waals surface area (Å²) in [5.41, 5.74) is 5.42. The van der Waals surface area contributed by atoms with Gasteiger partial charge in [0, 0.05) is 19.4 Å². The molecule has 0 spiro atoms. The molecule has 0 radical (unpaired) electrons. The molecule has 0 rings (SSSR count). The van der Waals surface area contributed by atoms with Crippen LogP contribution in [0.25, 0.3) is 0 Å². The van der Waals surface area contributed by atoms with Crippen LogP contribution in [0.4, 0.5) is 0 Å². The van der Waals surface area contributed by atoms with Crippen molar-refractivity contribution in [1.82, 2.24) is 0 Å². The van der Waals surface area contributed by atoms with Crippen molar-refractivity contribution in [3.8, 4) is 0 Å². The van der Waals surface area contributed by atoms with Gasteiger partial charge in [0.05, 0.1) is 6.61 Å². The van der Waals surface area contributed by atoms with Crippen molar-refractivity contribution >= 4 is 7.37 Å². The summed E-state index contributed by atoms with van der Waals surface area (Å²) in [6, 6.07) is -0.215. The minimum atomic E-state index is -2.36. The van der Waals surface area contributed by atoms with Crippen molar-refractivity contribution in [2.45, 2.75) is 6.04 Å². The predicted octanol–water partition coefficient (Wildman–Crippen LogP) is 1.05. The van der Waals surface area contributed by atoms with Crippen molar-refractivity contribution in [3.63, 3.8) is 0 Å². The van der Waals surface area contributed by atoms with Crippen molar-refractivity contribution in [1.29, 1.82) is 0 Å². The molecule has 0 aromatic rings. The molecular weight excluding hydrogens is 149 g/mol. The molecule has 0 aromatic heterocycles. The zero-order valence-electron chi connectivity index (χ0n) is 6.41. The van der Waals surface area contributed by atoms with Crippen molar-refractivity contribution in [2.75, 3.05) is 19.9 Å². The molecule has 4 heteroatoms. The Balaban J connectivity index is 3.55. The average Bonchev–Trinajstić information content (AvgIpc) is 1.81. The van der Waals surface area contributed by atoms with E-state index < -0.39 is 7.37 Å². The Bertz CT molecular complexity index is 152. The Morgan fingerprint density at radius 1 is 1.80 bits per heavy atom. The number of hydrogen-bond acceptors (Lipinski definition) is 3. The lowest BCUT2D eigenvalue weighted by atomic mass is 10.3. The van der Waals surface area contributed by atoms with Crippen molar-refractivity contribution < 1.29 is 9.09 Å². The lowest BCUT2D eigenvalue weighted by Crippen LogP contribution is -2.22. The van der Waals surface area contributed by atoms with Crippen LogP contribution in [0, 0.1) is 0 Å². The third-order valence-electron chi connectivity index (χ3n) is 0.881. The van der Waals surface area contributed by atoms with Gasteiger partial charge in [-0.2, -0.15) is 0 Å². The maximum absolute atomic E-state index is 10.9. The van der Waals surface area contributed by atoms with Gasteiger partial charge in [0.1, 0.15) is 0 Å². The van der Waals surface area contributed by atoms with E-state index in [0.29, 0.717) is 0 Å². The normalized spacial score (nSPS) is 14.7. The fraction of sp³-hybridized carbons (Fsp3) is 0.667. The smallest absolute Gasteiger partial charge is 0.197 e. The van der Waals surface area contributed by atoms with Crippen LogP contribution in [0.15, 0.2) is 12.7 Å². The molecule has 0 amide bonds. The molecule has 0 unspecified atom stereocenters. The molecule has 0 fully saturated rings. The summed E-state index contributed by atoms with van der Waals surface area (Å²) in [4.78, 5) is 0. The molecule has 1 atom stereocenters. The summed E-state index contributed by atoms with van der Waals surface area (Å²) in [7, 11) is -2.36. The van der Waals surface area contributed by atoms with Gasteiger partial charge in [-0.3, -0.25) is 4.57 Å². The first-order chi connectivity index (χ1) is 4.45. The molecule has 0 bridgehead atoms. The van der Waals surface area contributed by atoms with Crippen LogP contribution in [0.3, 0.4) is 0 Å². The van der Waals surface area contributed by atoms with Crippen molar-refractivity contribution in [3.05, 3.63) is 12.7 Å². The van der Waals surface area contributed by atoms with Crippen LogP contribution < -0.4 is 5.73 Å². The minimum Gasteiger partial charge on any atom is -0.327 e. The first-order valence-electron chi connectivity index (χ1n) is 3.03. The number of nitrogens with two attached hydrogens (primary N) is 1. The van der Waals surface area contributed by atoms with E-state index in [9.17, 15) is 4.57 Å². The minimum absolute atomic E-state index is 0.215. The van der Waals surface area contributed by atoms with Gasteiger partial charge >= 0.3 is 0 Å². The van der Waals surface area contributed by atoms with Crippen LogP contribution in [0.5, 0.6) is 0 Å². The van der Waals surface area contributed by atoms with Crippen molar-refractivity contribution in [2.24, 2.45) is 5.73 Å². The molecule has 0 saturated heterocycles. The third-order valence-corrected chi connectivity index (χ3v) is 1.65. The van der Waals surface area contributed by atoms with Crippen LogP contribution in [-0.2, 0) is 9.09 Å². The zero-order valence-corrected chi connectivity index (χ0v) is 7.30. The Kier molecular flexibility index (Phi) is 3.87. The third kappa shape index (κ3) is 6.02. The Morgan fingerprint density at radius 3 is 2.60 bits per heavy atom. The maximum Gasteiger partial charge on any atom is 0.197 e. The number of rotatable bonds is 4. The standard InChI is InChI=1S/C6H14NO2P/c1-4-6(7)5-9-10(2,3)8/h4,6H,1,5,7H2,2-3H3/t6-/m1/s1. The number of hydrogen-bond donors (Lipinski definition) is 1. The monoisotopic (exact) mass is 163 g/mol. The van der Waals surface area contributed by atoms with E-state index in [4.69, 9.17) is 10.3 Å². The molecule has 60 valence electrons. The summed E-state index contributed by atoms with van der Waals surface area (Å²) in [6.07, 6.45) is 1.57. The van der Waals surface area contributed by atoms with Gasteiger partial charge in [0.25, 0.3) is 0 Å². The Hall–Kier alpha value is -0.110. The van der Waals surface area contributed by atoms with E-state index in [-0.39, 0.29) is 12.6 Å². The van der Waals surface area contributed by atoms with Gasteiger partial charge in [0.15, 0.2) is 7.37 Å². The lowest BCUT2D eigenvalue weighted by Gasteiger charge is -2.10. The van der Waals surface area contributed by atoms with Gasteiger partial charge in [-0.1, -0.05) is 6.08 Å². The van der Waals surface area contributed by atoms with E-state index in [2.05, 4.69) is 6.58 Å². The van der Waals surface area contributed by atoms with Crippen LogP contribution in [0.2, 0.25) is 0 Å². The first kappa shape index (κ1) is 9.89. The fourth-order valence-electron chi connectivity index (χ4n) is 0.334. The highest BCUT2D eigenvalue weighted by atomic mass is 31.2.